The first-order chi connectivity index (χ1) is 8.50. The van der Waals surface area contributed by atoms with Crippen molar-refractivity contribution in [2.24, 2.45) is 0 Å². The molecule has 0 aromatic heterocycles. The van der Waals surface area contributed by atoms with Crippen LogP contribution >= 0.6 is 0 Å². The number of benzene rings is 2. The third-order valence-corrected chi connectivity index (χ3v) is 2.41. The Hall–Kier alpha value is -2.30. The lowest BCUT2D eigenvalue weighted by molar-refractivity contribution is 0.103. The van der Waals surface area contributed by atoms with E-state index in [0.29, 0.717) is 6.07 Å². The molecule has 0 heterocycles. The molecule has 0 aliphatic rings. The molecule has 92 valence electrons. The van der Waals surface area contributed by atoms with Gasteiger partial charge in [0.25, 0.3) is 0 Å². The van der Waals surface area contributed by atoms with Crippen molar-refractivity contribution in [1.29, 1.82) is 0 Å². The Morgan fingerprint density at radius 1 is 0.944 bits per heavy atom. The second kappa shape index (κ2) is 4.52. The van der Waals surface area contributed by atoms with Gasteiger partial charge in [0.2, 0.25) is 0 Å². The van der Waals surface area contributed by atoms with Gasteiger partial charge in [-0.15, -0.1) is 0 Å². The molecule has 1 N–H and O–H groups in total. The number of carbonyl (C=O) groups excluding carboxylic acids is 1. The van der Waals surface area contributed by atoms with Gasteiger partial charge in [-0.25, -0.2) is 13.2 Å². The summed E-state index contributed by atoms with van der Waals surface area (Å²) in [6, 6.07) is 5.73. The molecule has 2 aromatic rings. The molecular formula is C13H7F3O2. The lowest BCUT2D eigenvalue weighted by Gasteiger charge is -2.05. The first-order valence-electron chi connectivity index (χ1n) is 4.98. The minimum absolute atomic E-state index is 0.375. The maximum atomic E-state index is 13.4. The molecule has 0 bridgehead atoms. The predicted molar refractivity (Wildman–Crippen MR) is 57.9 cm³/mol. The monoisotopic (exact) mass is 252 g/mol. The molecule has 2 rings (SSSR count). The van der Waals surface area contributed by atoms with Crippen LogP contribution in [0.25, 0.3) is 0 Å². The SMILES string of the molecule is O=C(c1ccc(F)cc1F)c1cccc(F)c1O. The van der Waals surface area contributed by atoms with Crippen LogP contribution in [0.2, 0.25) is 0 Å². The van der Waals surface area contributed by atoms with Crippen LogP contribution in [-0.4, -0.2) is 10.9 Å². The van der Waals surface area contributed by atoms with E-state index in [4.69, 9.17) is 0 Å². The molecule has 0 aliphatic heterocycles. The highest BCUT2D eigenvalue weighted by Crippen LogP contribution is 2.24. The Kier molecular flexibility index (Phi) is 3.06. The van der Waals surface area contributed by atoms with Crippen LogP contribution in [0.15, 0.2) is 36.4 Å². The van der Waals surface area contributed by atoms with Crippen LogP contribution < -0.4 is 0 Å². The van der Waals surface area contributed by atoms with E-state index in [9.17, 15) is 23.1 Å². The van der Waals surface area contributed by atoms with Gasteiger partial charge in [0.1, 0.15) is 11.6 Å². The van der Waals surface area contributed by atoms with Gasteiger partial charge in [0.15, 0.2) is 17.3 Å². The fourth-order valence-corrected chi connectivity index (χ4v) is 1.52. The lowest BCUT2D eigenvalue weighted by Crippen LogP contribution is -2.05. The highest BCUT2D eigenvalue weighted by molar-refractivity contribution is 6.10. The predicted octanol–water partition coefficient (Wildman–Crippen LogP) is 3.04. The van der Waals surface area contributed by atoms with Crippen LogP contribution in [-0.2, 0) is 0 Å². The lowest BCUT2D eigenvalue weighted by atomic mass is 10.0. The van der Waals surface area contributed by atoms with Crippen LogP contribution in [0.1, 0.15) is 15.9 Å². The van der Waals surface area contributed by atoms with Crippen molar-refractivity contribution in [2.75, 3.05) is 0 Å². The van der Waals surface area contributed by atoms with E-state index in [0.717, 1.165) is 24.3 Å². The number of para-hydroxylation sites is 1. The third-order valence-electron chi connectivity index (χ3n) is 2.41. The van der Waals surface area contributed by atoms with Crippen molar-refractivity contribution in [3.05, 3.63) is 65.0 Å². The molecule has 2 nitrogen and oxygen atoms in total. The number of halogens is 3. The zero-order valence-electron chi connectivity index (χ0n) is 8.95. The molecule has 0 unspecified atom stereocenters. The van der Waals surface area contributed by atoms with Crippen molar-refractivity contribution in [1.82, 2.24) is 0 Å². The maximum Gasteiger partial charge on any atom is 0.199 e. The van der Waals surface area contributed by atoms with Crippen LogP contribution in [0.4, 0.5) is 13.2 Å². The number of phenols is 1. The summed E-state index contributed by atoms with van der Waals surface area (Å²) in [7, 11) is 0. The van der Waals surface area contributed by atoms with Gasteiger partial charge in [-0.2, -0.15) is 0 Å². The van der Waals surface area contributed by atoms with E-state index in [2.05, 4.69) is 0 Å². The summed E-state index contributed by atoms with van der Waals surface area (Å²) >= 11 is 0. The van der Waals surface area contributed by atoms with Crippen LogP contribution in [0.5, 0.6) is 5.75 Å². The molecule has 18 heavy (non-hydrogen) atoms. The number of ketones is 1. The molecular weight excluding hydrogens is 245 g/mol. The number of phenolic OH excluding ortho intramolecular Hbond substituents is 1. The van der Waals surface area contributed by atoms with Crippen molar-refractivity contribution in [2.45, 2.75) is 0 Å². The number of hydrogen-bond acceptors (Lipinski definition) is 2. The van der Waals surface area contributed by atoms with Gasteiger partial charge in [-0.05, 0) is 24.3 Å². The summed E-state index contributed by atoms with van der Waals surface area (Å²) in [6.07, 6.45) is 0. The standard InChI is InChI=1S/C13H7F3O2/c14-7-4-5-8(11(16)6-7)12(17)9-2-1-3-10(15)13(9)18/h1-6,18H. The van der Waals surface area contributed by atoms with Crippen molar-refractivity contribution >= 4 is 5.78 Å². The van der Waals surface area contributed by atoms with E-state index in [1.807, 2.05) is 0 Å². The summed E-state index contributed by atoms with van der Waals surface area (Å²) in [6.45, 7) is 0. The Balaban J connectivity index is 2.51. The fraction of sp³-hybridized carbons (Fsp3) is 0. The molecule has 0 saturated carbocycles. The minimum atomic E-state index is -1.07. The number of carbonyl (C=O) groups is 1. The highest BCUT2D eigenvalue weighted by Gasteiger charge is 2.19. The summed E-state index contributed by atoms with van der Waals surface area (Å²) in [4.78, 5) is 11.9. The van der Waals surface area contributed by atoms with E-state index in [1.165, 1.54) is 6.07 Å². The van der Waals surface area contributed by atoms with Crippen LogP contribution in [0, 0.1) is 17.5 Å². The van der Waals surface area contributed by atoms with Gasteiger partial charge >= 0.3 is 0 Å². The average molecular weight is 252 g/mol. The molecule has 0 spiro atoms. The summed E-state index contributed by atoms with van der Waals surface area (Å²) < 4.78 is 39.1. The Morgan fingerprint density at radius 3 is 2.33 bits per heavy atom. The number of hydrogen-bond donors (Lipinski definition) is 1. The maximum absolute atomic E-state index is 13.4. The molecule has 0 aliphatic carbocycles. The van der Waals surface area contributed by atoms with Gasteiger partial charge < -0.3 is 5.11 Å². The number of aromatic hydroxyl groups is 1. The number of rotatable bonds is 2. The zero-order valence-corrected chi connectivity index (χ0v) is 8.95. The Labute approximate surface area is 100 Å². The smallest absolute Gasteiger partial charge is 0.199 e. The quantitative estimate of drug-likeness (QED) is 0.834. The summed E-state index contributed by atoms with van der Waals surface area (Å²) in [5.74, 6) is -4.64. The average Bonchev–Trinajstić information content (AvgIpc) is 2.32. The molecule has 0 saturated heterocycles. The molecule has 0 amide bonds. The second-order valence-corrected chi connectivity index (χ2v) is 3.59. The second-order valence-electron chi connectivity index (χ2n) is 3.59. The van der Waals surface area contributed by atoms with E-state index in [-0.39, 0.29) is 5.56 Å². The van der Waals surface area contributed by atoms with Crippen molar-refractivity contribution in [3.63, 3.8) is 0 Å². The fourth-order valence-electron chi connectivity index (χ4n) is 1.52. The topological polar surface area (TPSA) is 37.3 Å². The van der Waals surface area contributed by atoms with Gasteiger partial charge in [0.05, 0.1) is 11.1 Å². The van der Waals surface area contributed by atoms with E-state index >= 15 is 0 Å². The molecule has 2 aromatic carbocycles. The molecule has 0 atom stereocenters. The first kappa shape index (κ1) is 12.2. The summed E-state index contributed by atoms with van der Waals surface area (Å²) in [5.41, 5.74) is -0.808. The molecule has 0 radical (unpaired) electrons. The summed E-state index contributed by atoms with van der Waals surface area (Å²) in [5, 5.41) is 9.38. The van der Waals surface area contributed by atoms with Gasteiger partial charge in [-0.3, -0.25) is 4.79 Å². The Bertz CT molecular complexity index is 624. The molecule has 5 heteroatoms. The van der Waals surface area contributed by atoms with Crippen molar-refractivity contribution < 1.29 is 23.1 Å². The van der Waals surface area contributed by atoms with Crippen molar-refractivity contribution in [3.8, 4) is 5.75 Å². The molecule has 0 fully saturated rings. The Morgan fingerprint density at radius 2 is 1.67 bits per heavy atom. The van der Waals surface area contributed by atoms with Gasteiger partial charge in [-0.1, -0.05) is 6.07 Å². The normalized spacial score (nSPS) is 10.4. The zero-order chi connectivity index (χ0) is 13.3. The van der Waals surface area contributed by atoms with Crippen LogP contribution in [0.3, 0.4) is 0 Å². The third kappa shape index (κ3) is 2.07. The van der Waals surface area contributed by atoms with E-state index < -0.39 is 34.5 Å². The largest absolute Gasteiger partial charge is 0.504 e. The van der Waals surface area contributed by atoms with Gasteiger partial charge in [0, 0.05) is 6.07 Å². The minimum Gasteiger partial charge on any atom is -0.504 e. The van der Waals surface area contributed by atoms with E-state index in [1.54, 1.807) is 0 Å². The first-order valence-corrected chi connectivity index (χ1v) is 4.98. The highest BCUT2D eigenvalue weighted by atomic mass is 19.1.